The fourth-order valence-electron chi connectivity index (χ4n) is 3.94. The summed E-state index contributed by atoms with van der Waals surface area (Å²) in [7, 11) is 0. The lowest BCUT2D eigenvalue weighted by Gasteiger charge is -2.30. The normalized spacial score (nSPS) is 21.7. The molecule has 2 saturated heterocycles. The lowest BCUT2D eigenvalue weighted by Crippen LogP contribution is -2.42. The van der Waals surface area contributed by atoms with Gasteiger partial charge in [-0.05, 0) is 36.4 Å². The fraction of sp³-hybridized carbons (Fsp3) is 0.667. The smallest absolute Gasteiger partial charge is 0.315 e. The Hall–Kier alpha value is -1.63. The van der Waals surface area contributed by atoms with Crippen molar-refractivity contribution in [3.8, 4) is 0 Å². The maximum absolute atomic E-state index is 12.2. The summed E-state index contributed by atoms with van der Waals surface area (Å²) in [4.78, 5) is 17.0. The minimum atomic E-state index is -0.0822. The summed E-state index contributed by atoms with van der Waals surface area (Å²) in [6.07, 6.45) is 2.60. The van der Waals surface area contributed by atoms with Gasteiger partial charge in [0.2, 0.25) is 0 Å². The van der Waals surface area contributed by atoms with Gasteiger partial charge in [0.05, 0.1) is 13.2 Å². The van der Waals surface area contributed by atoms with E-state index in [2.05, 4.69) is 45.6 Å². The van der Waals surface area contributed by atoms with Crippen molar-refractivity contribution in [2.24, 2.45) is 5.92 Å². The number of nitrogens with one attached hydrogen (secondary N) is 2. The zero-order valence-corrected chi connectivity index (χ0v) is 16.6. The Labute approximate surface area is 163 Å². The molecule has 0 radical (unpaired) electrons. The third kappa shape index (κ3) is 6.79. The number of hydrogen-bond donors (Lipinski definition) is 2. The summed E-state index contributed by atoms with van der Waals surface area (Å²) in [5, 5.41) is 6.01. The summed E-state index contributed by atoms with van der Waals surface area (Å²) >= 11 is 0. The van der Waals surface area contributed by atoms with E-state index in [-0.39, 0.29) is 6.03 Å². The summed E-state index contributed by atoms with van der Waals surface area (Å²) in [6.45, 7) is 11.3. The third-order valence-corrected chi connectivity index (χ3v) is 5.51. The standard InChI is InChI=1S/C21H34N4O2/c1-18-5-4-9-24(16-18)10-8-22-21(26)23-15-19-6-2-3-7-20(19)17-25-11-13-27-14-12-25/h2-3,6-7,18H,4-5,8-17H2,1H3,(H2,22,23,26). The number of hydrogen-bond acceptors (Lipinski definition) is 4. The maximum Gasteiger partial charge on any atom is 0.315 e. The molecule has 1 atom stereocenters. The minimum Gasteiger partial charge on any atom is -0.379 e. The second kappa shape index (κ2) is 10.6. The molecule has 2 heterocycles. The highest BCUT2D eigenvalue weighted by molar-refractivity contribution is 5.73. The van der Waals surface area contributed by atoms with E-state index in [1.54, 1.807) is 0 Å². The van der Waals surface area contributed by atoms with Gasteiger partial charge in [-0.1, -0.05) is 31.2 Å². The van der Waals surface area contributed by atoms with Gasteiger partial charge in [0.25, 0.3) is 0 Å². The van der Waals surface area contributed by atoms with Crippen LogP contribution in [0.5, 0.6) is 0 Å². The minimum absolute atomic E-state index is 0.0822. The van der Waals surface area contributed by atoms with Crippen molar-refractivity contribution in [3.63, 3.8) is 0 Å². The van der Waals surface area contributed by atoms with Crippen molar-refractivity contribution in [3.05, 3.63) is 35.4 Å². The molecule has 0 spiro atoms. The second-order valence-corrected chi connectivity index (χ2v) is 7.81. The Kier molecular flexibility index (Phi) is 7.93. The van der Waals surface area contributed by atoms with Gasteiger partial charge in [-0.2, -0.15) is 0 Å². The van der Waals surface area contributed by atoms with Crippen LogP contribution >= 0.6 is 0 Å². The molecule has 0 aromatic heterocycles. The molecule has 1 unspecified atom stereocenters. The van der Waals surface area contributed by atoms with Gasteiger partial charge in [0.1, 0.15) is 0 Å². The predicted octanol–water partition coefficient (Wildman–Crippen LogP) is 2.05. The first-order valence-electron chi connectivity index (χ1n) is 10.3. The molecule has 27 heavy (non-hydrogen) atoms. The van der Waals surface area contributed by atoms with Crippen LogP contribution in [0.15, 0.2) is 24.3 Å². The average molecular weight is 375 g/mol. The van der Waals surface area contributed by atoms with E-state index in [4.69, 9.17) is 4.74 Å². The van der Waals surface area contributed by atoms with Crippen LogP contribution in [-0.2, 0) is 17.8 Å². The molecule has 2 aliphatic rings. The Bertz CT molecular complexity index is 589. The van der Waals surface area contributed by atoms with E-state index in [9.17, 15) is 4.79 Å². The lowest BCUT2D eigenvalue weighted by atomic mass is 10.0. The predicted molar refractivity (Wildman–Crippen MR) is 108 cm³/mol. The molecular weight excluding hydrogens is 340 g/mol. The van der Waals surface area contributed by atoms with Crippen molar-refractivity contribution >= 4 is 6.03 Å². The molecule has 2 fully saturated rings. The van der Waals surface area contributed by atoms with Gasteiger partial charge in [0, 0.05) is 45.8 Å². The van der Waals surface area contributed by atoms with E-state index in [1.165, 1.54) is 24.0 Å². The second-order valence-electron chi connectivity index (χ2n) is 7.81. The number of ether oxygens (including phenoxy) is 1. The topological polar surface area (TPSA) is 56.8 Å². The first-order chi connectivity index (χ1) is 13.2. The first kappa shape index (κ1) is 20.1. The zero-order chi connectivity index (χ0) is 18.9. The Balaban J connectivity index is 1.39. The highest BCUT2D eigenvalue weighted by Crippen LogP contribution is 2.15. The molecular formula is C21H34N4O2. The van der Waals surface area contributed by atoms with Gasteiger partial charge in [-0.3, -0.25) is 4.90 Å². The number of amides is 2. The molecule has 6 nitrogen and oxygen atoms in total. The van der Waals surface area contributed by atoms with Crippen LogP contribution in [0.25, 0.3) is 0 Å². The SMILES string of the molecule is CC1CCCN(CCNC(=O)NCc2ccccc2CN2CCOCC2)C1. The maximum atomic E-state index is 12.2. The molecule has 2 N–H and O–H groups in total. The van der Waals surface area contributed by atoms with Crippen LogP contribution in [0.4, 0.5) is 4.79 Å². The molecule has 6 heteroatoms. The summed E-state index contributed by atoms with van der Waals surface area (Å²) in [5.41, 5.74) is 2.46. The third-order valence-electron chi connectivity index (χ3n) is 5.51. The van der Waals surface area contributed by atoms with Gasteiger partial charge >= 0.3 is 6.03 Å². The quantitative estimate of drug-likeness (QED) is 0.767. The van der Waals surface area contributed by atoms with E-state index in [0.717, 1.165) is 58.4 Å². The molecule has 0 aliphatic carbocycles. The Morgan fingerprint density at radius 1 is 1.11 bits per heavy atom. The van der Waals surface area contributed by atoms with Crippen molar-refractivity contribution in [2.75, 3.05) is 52.5 Å². The molecule has 2 amide bonds. The Morgan fingerprint density at radius 3 is 2.67 bits per heavy atom. The molecule has 1 aromatic rings. The van der Waals surface area contributed by atoms with E-state index >= 15 is 0 Å². The van der Waals surface area contributed by atoms with Crippen LogP contribution in [0.1, 0.15) is 30.9 Å². The van der Waals surface area contributed by atoms with Crippen LogP contribution in [0, 0.1) is 5.92 Å². The van der Waals surface area contributed by atoms with Gasteiger partial charge in [-0.25, -0.2) is 4.79 Å². The Morgan fingerprint density at radius 2 is 1.89 bits per heavy atom. The lowest BCUT2D eigenvalue weighted by molar-refractivity contribution is 0.0341. The number of carbonyl (C=O) groups excluding carboxylic acids is 1. The average Bonchev–Trinajstić information content (AvgIpc) is 2.68. The van der Waals surface area contributed by atoms with Gasteiger partial charge < -0.3 is 20.3 Å². The molecule has 1 aromatic carbocycles. The monoisotopic (exact) mass is 374 g/mol. The summed E-state index contributed by atoms with van der Waals surface area (Å²) < 4.78 is 5.42. The van der Waals surface area contributed by atoms with Crippen molar-refractivity contribution in [1.82, 2.24) is 20.4 Å². The van der Waals surface area contributed by atoms with Crippen molar-refractivity contribution < 1.29 is 9.53 Å². The molecule has 0 saturated carbocycles. The highest BCUT2D eigenvalue weighted by atomic mass is 16.5. The van der Waals surface area contributed by atoms with Crippen molar-refractivity contribution in [1.29, 1.82) is 0 Å². The number of benzene rings is 1. The number of carbonyl (C=O) groups is 1. The number of nitrogens with zero attached hydrogens (tertiary/aromatic N) is 2. The summed E-state index contributed by atoms with van der Waals surface area (Å²) in [6, 6.07) is 8.28. The van der Waals surface area contributed by atoms with E-state index in [0.29, 0.717) is 13.1 Å². The van der Waals surface area contributed by atoms with Gasteiger partial charge in [-0.15, -0.1) is 0 Å². The van der Waals surface area contributed by atoms with Crippen LogP contribution in [-0.4, -0.2) is 68.3 Å². The number of urea groups is 1. The molecule has 3 rings (SSSR count). The number of morpholine rings is 1. The van der Waals surface area contributed by atoms with E-state index < -0.39 is 0 Å². The van der Waals surface area contributed by atoms with Gasteiger partial charge in [0.15, 0.2) is 0 Å². The van der Waals surface area contributed by atoms with Crippen LogP contribution < -0.4 is 10.6 Å². The highest BCUT2D eigenvalue weighted by Gasteiger charge is 2.16. The molecule has 150 valence electrons. The fourth-order valence-corrected chi connectivity index (χ4v) is 3.94. The van der Waals surface area contributed by atoms with Crippen LogP contribution in [0.3, 0.4) is 0 Å². The summed E-state index contributed by atoms with van der Waals surface area (Å²) in [5.74, 6) is 0.774. The van der Waals surface area contributed by atoms with E-state index in [1.807, 2.05) is 6.07 Å². The zero-order valence-electron chi connectivity index (χ0n) is 16.6. The first-order valence-corrected chi connectivity index (χ1v) is 10.3. The largest absolute Gasteiger partial charge is 0.379 e. The molecule has 2 aliphatic heterocycles. The molecule has 0 bridgehead atoms. The van der Waals surface area contributed by atoms with Crippen molar-refractivity contribution in [2.45, 2.75) is 32.9 Å². The number of likely N-dealkylation sites (tertiary alicyclic amines) is 1. The number of piperidine rings is 1. The van der Waals surface area contributed by atoms with Crippen LogP contribution in [0.2, 0.25) is 0 Å². The number of rotatable bonds is 7.